The molecule has 1 fully saturated rings. The lowest BCUT2D eigenvalue weighted by atomic mass is 9.98. The summed E-state index contributed by atoms with van der Waals surface area (Å²) in [6, 6.07) is 2.92. The third-order valence-corrected chi connectivity index (χ3v) is 5.48. The van der Waals surface area contributed by atoms with Crippen molar-refractivity contribution in [1.82, 2.24) is 14.2 Å². The first-order valence-corrected chi connectivity index (χ1v) is 8.20. The molecule has 1 aromatic heterocycles. The van der Waals surface area contributed by atoms with Gasteiger partial charge in [-0.05, 0) is 38.9 Å². The first kappa shape index (κ1) is 15.2. The fourth-order valence-corrected chi connectivity index (χ4v) is 4.08. The summed E-state index contributed by atoms with van der Waals surface area (Å²) in [5.41, 5.74) is 5.56. The minimum atomic E-state index is -3.44. The zero-order chi connectivity index (χ0) is 14.8. The maximum Gasteiger partial charge on any atom is 0.243 e. The van der Waals surface area contributed by atoms with Crippen molar-refractivity contribution >= 4 is 15.8 Å². The Labute approximate surface area is 120 Å². The van der Waals surface area contributed by atoms with Crippen molar-refractivity contribution in [1.29, 1.82) is 0 Å². The number of anilines is 1. The van der Waals surface area contributed by atoms with Crippen LogP contribution in [0.3, 0.4) is 0 Å². The van der Waals surface area contributed by atoms with E-state index >= 15 is 0 Å². The van der Waals surface area contributed by atoms with Crippen molar-refractivity contribution in [3.63, 3.8) is 0 Å². The molecule has 0 spiro atoms. The van der Waals surface area contributed by atoms with Crippen LogP contribution in [0.15, 0.2) is 23.2 Å². The average molecular weight is 298 g/mol. The average Bonchev–Trinajstić information content (AvgIpc) is 2.38. The Bertz CT molecular complexity index is 551. The van der Waals surface area contributed by atoms with Crippen molar-refractivity contribution in [2.45, 2.75) is 17.7 Å². The van der Waals surface area contributed by atoms with Gasteiger partial charge in [-0.1, -0.05) is 0 Å². The van der Waals surface area contributed by atoms with E-state index in [0.29, 0.717) is 19.0 Å². The molecule has 2 rings (SSSR count). The van der Waals surface area contributed by atoms with Gasteiger partial charge in [0.05, 0.1) is 4.90 Å². The molecule has 0 atom stereocenters. The van der Waals surface area contributed by atoms with Gasteiger partial charge in [0.25, 0.3) is 0 Å². The molecule has 112 valence electrons. The largest absolute Gasteiger partial charge is 0.384 e. The lowest BCUT2D eigenvalue weighted by Crippen LogP contribution is -2.40. The number of aromatic nitrogens is 1. The van der Waals surface area contributed by atoms with E-state index in [0.717, 1.165) is 19.4 Å². The molecule has 1 aromatic rings. The highest BCUT2D eigenvalue weighted by Crippen LogP contribution is 2.24. The summed E-state index contributed by atoms with van der Waals surface area (Å²) in [7, 11) is 0.652. The molecule has 0 radical (unpaired) electrons. The van der Waals surface area contributed by atoms with Crippen LogP contribution in [0.1, 0.15) is 12.8 Å². The van der Waals surface area contributed by atoms with Crippen LogP contribution in [-0.2, 0) is 10.0 Å². The highest BCUT2D eigenvalue weighted by atomic mass is 32.2. The highest BCUT2D eigenvalue weighted by molar-refractivity contribution is 7.89. The second kappa shape index (κ2) is 6.07. The molecule has 0 aromatic carbocycles. The number of hydrogen-bond acceptors (Lipinski definition) is 5. The quantitative estimate of drug-likeness (QED) is 0.882. The summed E-state index contributed by atoms with van der Waals surface area (Å²) < 4.78 is 26.6. The Hall–Kier alpha value is -1.18. The van der Waals surface area contributed by atoms with Crippen LogP contribution in [0.2, 0.25) is 0 Å². The third-order valence-electron chi connectivity index (χ3n) is 3.59. The van der Waals surface area contributed by atoms with E-state index in [-0.39, 0.29) is 10.7 Å². The zero-order valence-corrected chi connectivity index (χ0v) is 12.8. The molecule has 0 bridgehead atoms. The number of nitrogens with two attached hydrogens (primary N) is 1. The van der Waals surface area contributed by atoms with Crippen molar-refractivity contribution in [2.75, 3.05) is 39.5 Å². The minimum absolute atomic E-state index is 0.230. The number of sulfonamides is 1. The van der Waals surface area contributed by atoms with Gasteiger partial charge >= 0.3 is 0 Å². The molecular weight excluding hydrogens is 276 g/mol. The van der Waals surface area contributed by atoms with Crippen LogP contribution < -0.4 is 5.73 Å². The lowest BCUT2D eigenvalue weighted by molar-refractivity contribution is 0.225. The van der Waals surface area contributed by atoms with Gasteiger partial charge in [-0.15, -0.1) is 0 Å². The highest BCUT2D eigenvalue weighted by Gasteiger charge is 2.29. The number of pyridine rings is 1. The third kappa shape index (κ3) is 3.47. The van der Waals surface area contributed by atoms with Gasteiger partial charge in [-0.2, -0.15) is 4.31 Å². The molecule has 1 aliphatic rings. The van der Waals surface area contributed by atoms with E-state index in [2.05, 4.69) is 9.88 Å². The molecule has 0 amide bonds. The first-order chi connectivity index (χ1) is 9.39. The monoisotopic (exact) mass is 298 g/mol. The standard InChI is InChI=1S/C13H22N4O2S/c1-16(2)10-11-4-7-17(8-5-11)20(18,19)12-3-6-15-13(14)9-12/h3,6,9,11H,4-5,7-8,10H2,1-2H3,(H2,14,15). The van der Waals surface area contributed by atoms with Crippen LogP contribution in [-0.4, -0.2) is 56.3 Å². The van der Waals surface area contributed by atoms with Crippen molar-refractivity contribution in [3.8, 4) is 0 Å². The topological polar surface area (TPSA) is 79.5 Å². The summed E-state index contributed by atoms with van der Waals surface area (Å²) in [5.74, 6) is 0.799. The zero-order valence-electron chi connectivity index (χ0n) is 12.0. The van der Waals surface area contributed by atoms with E-state index in [1.807, 2.05) is 14.1 Å². The van der Waals surface area contributed by atoms with Gasteiger partial charge < -0.3 is 10.6 Å². The fourth-order valence-electron chi connectivity index (χ4n) is 2.59. The van der Waals surface area contributed by atoms with Gasteiger partial charge in [0.1, 0.15) is 5.82 Å². The molecule has 20 heavy (non-hydrogen) atoms. The fraction of sp³-hybridized carbons (Fsp3) is 0.615. The van der Waals surface area contributed by atoms with Crippen LogP contribution in [0, 0.1) is 5.92 Å². The Kier molecular flexibility index (Phi) is 4.62. The summed E-state index contributed by atoms with van der Waals surface area (Å²) in [4.78, 5) is 6.22. The van der Waals surface area contributed by atoms with Gasteiger partial charge in [0, 0.05) is 31.9 Å². The SMILES string of the molecule is CN(C)CC1CCN(S(=O)(=O)c2ccnc(N)c2)CC1. The number of hydrogen-bond donors (Lipinski definition) is 1. The Balaban J connectivity index is 2.06. The molecule has 0 saturated carbocycles. The van der Waals surface area contributed by atoms with Crippen molar-refractivity contribution < 1.29 is 8.42 Å². The molecular formula is C13H22N4O2S. The summed E-state index contributed by atoms with van der Waals surface area (Å²) in [6.45, 7) is 2.15. The van der Waals surface area contributed by atoms with Crippen LogP contribution in [0.5, 0.6) is 0 Å². The lowest BCUT2D eigenvalue weighted by Gasteiger charge is -2.32. The predicted molar refractivity (Wildman–Crippen MR) is 78.7 cm³/mol. The van der Waals surface area contributed by atoms with Gasteiger partial charge in [-0.25, -0.2) is 13.4 Å². The van der Waals surface area contributed by atoms with Crippen LogP contribution in [0.4, 0.5) is 5.82 Å². The Morgan fingerprint density at radius 3 is 2.60 bits per heavy atom. The molecule has 1 aliphatic heterocycles. The smallest absolute Gasteiger partial charge is 0.243 e. The van der Waals surface area contributed by atoms with Crippen molar-refractivity contribution in [3.05, 3.63) is 18.3 Å². The summed E-state index contributed by atoms with van der Waals surface area (Å²) in [6.07, 6.45) is 3.23. The molecule has 1 saturated heterocycles. The molecule has 2 heterocycles. The molecule has 0 aliphatic carbocycles. The van der Waals surface area contributed by atoms with E-state index in [1.54, 1.807) is 4.31 Å². The molecule has 0 unspecified atom stereocenters. The maximum atomic E-state index is 12.5. The number of piperidine rings is 1. The second-order valence-electron chi connectivity index (χ2n) is 5.53. The molecule has 6 nitrogen and oxygen atoms in total. The number of nitrogens with zero attached hydrogens (tertiary/aromatic N) is 3. The predicted octanol–water partition coefficient (Wildman–Crippen LogP) is 0.626. The van der Waals surface area contributed by atoms with Crippen molar-refractivity contribution in [2.24, 2.45) is 5.92 Å². The molecule has 7 heteroatoms. The normalized spacial score (nSPS) is 18.6. The minimum Gasteiger partial charge on any atom is -0.384 e. The first-order valence-electron chi connectivity index (χ1n) is 6.76. The van der Waals surface area contributed by atoms with Crippen LogP contribution >= 0.6 is 0 Å². The Morgan fingerprint density at radius 1 is 1.40 bits per heavy atom. The van der Waals surface area contributed by atoms with E-state index in [4.69, 9.17) is 5.73 Å². The van der Waals surface area contributed by atoms with Crippen LogP contribution in [0.25, 0.3) is 0 Å². The van der Waals surface area contributed by atoms with E-state index in [1.165, 1.54) is 18.3 Å². The van der Waals surface area contributed by atoms with E-state index < -0.39 is 10.0 Å². The van der Waals surface area contributed by atoms with E-state index in [9.17, 15) is 8.42 Å². The van der Waals surface area contributed by atoms with Gasteiger partial charge in [0.15, 0.2) is 0 Å². The van der Waals surface area contributed by atoms with Gasteiger partial charge in [0.2, 0.25) is 10.0 Å². The summed E-state index contributed by atoms with van der Waals surface area (Å²) in [5, 5.41) is 0. The molecule has 2 N–H and O–H groups in total. The maximum absolute atomic E-state index is 12.5. The second-order valence-corrected chi connectivity index (χ2v) is 7.46. The van der Waals surface area contributed by atoms with Gasteiger partial charge in [-0.3, -0.25) is 0 Å². The number of nitrogen functional groups attached to an aromatic ring is 1. The number of rotatable bonds is 4. The Morgan fingerprint density at radius 2 is 2.05 bits per heavy atom. The summed E-state index contributed by atoms with van der Waals surface area (Å²) >= 11 is 0.